The zero-order valence-corrected chi connectivity index (χ0v) is 18.6. The van der Waals surface area contributed by atoms with Crippen LogP contribution < -0.4 is 0 Å². The summed E-state index contributed by atoms with van der Waals surface area (Å²) in [5.41, 5.74) is 2.32. The third-order valence-corrected chi connectivity index (χ3v) is 6.38. The monoisotopic (exact) mass is 433 g/mol. The number of unbranched alkanes of at least 4 members (excludes halogenated alkanes) is 1. The Balaban J connectivity index is 0.00000392. The number of hydrogen-bond donors (Lipinski definition) is 1. The molecule has 160 valence electrons. The molecule has 3 unspecified atom stereocenters. The van der Waals surface area contributed by atoms with E-state index in [4.69, 9.17) is 21.5 Å². The van der Waals surface area contributed by atoms with Gasteiger partial charge in [0.1, 0.15) is 12.7 Å². The van der Waals surface area contributed by atoms with Crippen LogP contribution in [0.5, 0.6) is 0 Å². The minimum atomic E-state index is -3.98. The van der Waals surface area contributed by atoms with Crippen LogP contribution in [0.4, 0.5) is 0 Å². The smallest absolute Gasteiger partial charge is 0.472 e. The van der Waals surface area contributed by atoms with Crippen molar-refractivity contribution >= 4 is 30.6 Å². The van der Waals surface area contributed by atoms with Crippen LogP contribution >= 0.6 is 20.0 Å². The molecule has 0 aromatic carbocycles. The Morgan fingerprint density at radius 3 is 2.86 bits per heavy atom. The van der Waals surface area contributed by atoms with Crippen molar-refractivity contribution in [2.45, 2.75) is 52.1 Å². The van der Waals surface area contributed by atoms with E-state index < -0.39 is 7.82 Å². The van der Waals surface area contributed by atoms with E-state index in [2.05, 4.69) is 30.5 Å². The summed E-state index contributed by atoms with van der Waals surface area (Å²) in [7, 11) is -2.83. The van der Waals surface area contributed by atoms with Crippen molar-refractivity contribution in [3.63, 3.8) is 0 Å². The second kappa shape index (κ2) is 12.1. The molecule has 2 aliphatic rings. The number of rotatable bonds is 10. The van der Waals surface area contributed by atoms with Crippen molar-refractivity contribution in [3.05, 3.63) is 23.9 Å². The van der Waals surface area contributed by atoms with Gasteiger partial charge in [-0.3, -0.25) is 9.05 Å². The van der Waals surface area contributed by atoms with Gasteiger partial charge in [0.15, 0.2) is 12.7 Å². The molecule has 0 aromatic heterocycles. The molecule has 0 spiro atoms. The van der Waals surface area contributed by atoms with Gasteiger partial charge in [-0.05, 0) is 38.7 Å². The second-order valence-corrected chi connectivity index (χ2v) is 8.72. The second-order valence-electron chi connectivity index (χ2n) is 6.72. The van der Waals surface area contributed by atoms with Gasteiger partial charge in [0.25, 0.3) is 0 Å². The van der Waals surface area contributed by atoms with Crippen LogP contribution in [0.1, 0.15) is 46.0 Å². The van der Waals surface area contributed by atoms with Crippen molar-refractivity contribution in [1.82, 2.24) is 0 Å². The topological polar surface area (TPSA) is 98.0 Å². The molecule has 2 N–H and O–H groups in total. The predicted octanol–water partition coefficient (Wildman–Crippen LogP) is 3.86. The summed E-state index contributed by atoms with van der Waals surface area (Å²) in [6, 6.07) is 0. The lowest BCUT2D eigenvalue weighted by atomic mass is 9.86. The molecule has 7 nitrogen and oxygen atoms in total. The zero-order valence-electron chi connectivity index (χ0n) is 16.9. The van der Waals surface area contributed by atoms with Crippen LogP contribution in [-0.2, 0) is 18.3 Å². The Kier molecular flexibility index (Phi) is 10.9. The first-order valence-electron chi connectivity index (χ1n) is 9.59. The van der Waals surface area contributed by atoms with Gasteiger partial charge in [-0.15, -0.1) is 0 Å². The maximum atomic E-state index is 11.5. The summed E-state index contributed by atoms with van der Waals surface area (Å²) in [5.74, 6) is 0.107. The fourth-order valence-electron chi connectivity index (χ4n) is 3.45. The predicted molar refractivity (Wildman–Crippen MR) is 112 cm³/mol. The van der Waals surface area contributed by atoms with Crippen LogP contribution in [0.15, 0.2) is 23.9 Å². The molecule has 0 radical (unpaired) electrons. The maximum absolute atomic E-state index is 11.5. The van der Waals surface area contributed by atoms with Crippen molar-refractivity contribution in [3.8, 4) is 0 Å². The highest BCUT2D eigenvalue weighted by Crippen LogP contribution is 2.41. The van der Waals surface area contributed by atoms with E-state index in [1.807, 2.05) is 10.8 Å². The standard InChI is InChI=1S/C19H30NO5PS.H2O/c1-4-6-8-15(5-2)16-10-11-20(12-14-25-26(21,22)23-3)18(19(16)27)17-9-7-13-24-17;/h5,10-11,16-17H,4,6-9,12-14H2,1-3H3;1H2. The van der Waals surface area contributed by atoms with E-state index in [-0.39, 0.29) is 24.1 Å². The number of hydrogen-bond acceptors (Lipinski definition) is 6. The first-order valence-corrected chi connectivity index (χ1v) is 11.5. The summed E-state index contributed by atoms with van der Waals surface area (Å²) in [5, 5.41) is 0. The summed E-state index contributed by atoms with van der Waals surface area (Å²) >= 11 is 5.88. The zero-order chi connectivity index (χ0) is 19.9. The fourth-order valence-corrected chi connectivity index (χ4v) is 4.35. The molecule has 0 bridgehead atoms. The van der Waals surface area contributed by atoms with Gasteiger partial charge in [-0.25, -0.2) is 4.57 Å². The Bertz CT molecular complexity index is 669. The number of ether oxygens (including phenoxy) is 1. The molecule has 0 aromatic rings. The third kappa shape index (κ3) is 6.66. The molecule has 3 atom stereocenters. The summed E-state index contributed by atoms with van der Waals surface area (Å²) in [4.78, 5) is 10.3. The molecule has 2 heterocycles. The average molecular weight is 434 g/mol. The van der Waals surface area contributed by atoms with Crippen molar-refractivity contribution in [2.75, 3.05) is 26.9 Å². The van der Waals surface area contributed by atoms with Crippen LogP contribution in [0.2, 0.25) is 0 Å². The molecule has 1 fully saturated rings. The van der Waals surface area contributed by atoms with Crippen LogP contribution in [0, 0.1) is 5.92 Å². The minimum absolute atomic E-state index is 0. The van der Waals surface area contributed by atoms with Crippen molar-refractivity contribution in [1.29, 1.82) is 0 Å². The summed E-state index contributed by atoms with van der Waals surface area (Å²) in [6.45, 7) is 5.45. The number of phosphoric ester groups is 1. The number of nitrogens with zero attached hydrogens (tertiary/aromatic N) is 1. The van der Waals surface area contributed by atoms with Gasteiger partial charge in [0.05, 0.1) is 4.86 Å². The van der Waals surface area contributed by atoms with E-state index in [0.717, 1.165) is 56.4 Å². The largest absolute Gasteiger partial charge is 0.870 e. The number of phosphoric acid groups is 1. The molecule has 2 rings (SSSR count). The average Bonchev–Trinajstić information content (AvgIpc) is 3.17. The maximum Gasteiger partial charge on any atom is 0.472 e. The van der Waals surface area contributed by atoms with Crippen LogP contribution in [0.25, 0.3) is 0 Å². The van der Waals surface area contributed by atoms with Gasteiger partial charge >= 0.3 is 7.82 Å². The third-order valence-electron chi connectivity index (χ3n) is 4.94. The van der Waals surface area contributed by atoms with Gasteiger partial charge in [0, 0.05) is 19.6 Å². The quantitative estimate of drug-likeness (QED) is 0.242. The van der Waals surface area contributed by atoms with Gasteiger partial charge in [-0.2, -0.15) is 4.58 Å². The van der Waals surface area contributed by atoms with E-state index in [0.29, 0.717) is 6.54 Å². The highest BCUT2D eigenvalue weighted by Gasteiger charge is 2.38. The number of thiocarbonyl (C=S) groups is 1. The first-order chi connectivity index (χ1) is 12.9. The summed E-state index contributed by atoms with van der Waals surface area (Å²) in [6.07, 6.45) is 11.5. The molecular formula is C19H32NO6PS. The minimum Gasteiger partial charge on any atom is -0.870 e. The molecule has 0 aliphatic carbocycles. The summed E-state index contributed by atoms with van der Waals surface area (Å²) < 4.78 is 28.9. The lowest BCUT2D eigenvalue weighted by Crippen LogP contribution is -2.41. The van der Waals surface area contributed by atoms with Crippen LogP contribution in [-0.4, -0.2) is 58.5 Å². The van der Waals surface area contributed by atoms with E-state index >= 15 is 0 Å². The molecule has 1 saturated heterocycles. The SMILES string of the molecule is CC=C(CCCC)C1C=C[N+](CCOP(=O)(O)OC)=C(C2CCCO2)C1=S.[OH-]. The first kappa shape index (κ1) is 25.3. The van der Waals surface area contributed by atoms with E-state index in [9.17, 15) is 9.46 Å². The van der Waals surface area contributed by atoms with E-state index in [1.54, 1.807) is 0 Å². The van der Waals surface area contributed by atoms with Gasteiger partial charge in [-0.1, -0.05) is 37.2 Å². The number of allylic oxidation sites excluding steroid dienone is 3. The molecule has 9 heteroatoms. The highest BCUT2D eigenvalue weighted by molar-refractivity contribution is 7.82. The van der Waals surface area contributed by atoms with Gasteiger partial charge in [0.2, 0.25) is 5.71 Å². The molecular weight excluding hydrogens is 401 g/mol. The normalized spacial score (nSPS) is 25.0. The Labute approximate surface area is 173 Å². The van der Waals surface area contributed by atoms with E-state index in [1.165, 1.54) is 5.57 Å². The fraction of sp³-hybridized carbons (Fsp3) is 0.684. The highest BCUT2D eigenvalue weighted by atomic mass is 32.1. The van der Waals surface area contributed by atoms with Crippen LogP contribution in [0.3, 0.4) is 0 Å². The molecule has 0 amide bonds. The lowest BCUT2D eigenvalue weighted by Gasteiger charge is -2.24. The Hall–Kier alpha value is -0.730. The molecule has 28 heavy (non-hydrogen) atoms. The van der Waals surface area contributed by atoms with Crippen molar-refractivity contribution < 1.29 is 33.3 Å². The van der Waals surface area contributed by atoms with Crippen molar-refractivity contribution in [2.24, 2.45) is 5.92 Å². The Morgan fingerprint density at radius 1 is 1.54 bits per heavy atom. The lowest BCUT2D eigenvalue weighted by molar-refractivity contribution is -0.461. The van der Waals surface area contributed by atoms with Gasteiger partial charge < -0.3 is 15.1 Å². The molecule has 2 aliphatic heterocycles. The Morgan fingerprint density at radius 2 is 2.29 bits per heavy atom. The molecule has 0 saturated carbocycles.